The molecule has 0 aliphatic carbocycles. The Bertz CT molecular complexity index is 884. The molecule has 9 heteroatoms. The normalized spacial score (nSPS) is 26.6. The summed E-state index contributed by atoms with van der Waals surface area (Å²) in [5.41, 5.74) is 0.971. The van der Waals surface area contributed by atoms with Crippen LogP contribution in [-0.4, -0.2) is 54.0 Å². The number of hydrogen-bond donors (Lipinski definition) is 0. The van der Waals surface area contributed by atoms with Crippen molar-refractivity contribution in [3.8, 4) is 11.5 Å². The van der Waals surface area contributed by atoms with Crippen LogP contribution in [0.1, 0.15) is 31.7 Å². The van der Waals surface area contributed by atoms with Crippen molar-refractivity contribution in [3.63, 3.8) is 0 Å². The zero-order valence-electron chi connectivity index (χ0n) is 15.1. The molecule has 0 N–H and O–H groups in total. The third-order valence-electron chi connectivity index (χ3n) is 4.93. The summed E-state index contributed by atoms with van der Waals surface area (Å²) >= 11 is 1.42. The van der Waals surface area contributed by atoms with E-state index in [4.69, 9.17) is 9.47 Å². The van der Waals surface area contributed by atoms with E-state index in [2.05, 4.69) is 4.99 Å². The van der Waals surface area contributed by atoms with Crippen LogP contribution in [0.5, 0.6) is 11.5 Å². The van der Waals surface area contributed by atoms with Gasteiger partial charge >= 0.3 is 0 Å². The molecule has 3 heterocycles. The molecule has 0 unspecified atom stereocenters. The van der Waals surface area contributed by atoms with Gasteiger partial charge in [-0.3, -0.25) is 4.79 Å². The molecule has 0 bridgehead atoms. The van der Waals surface area contributed by atoms with Crippen molar-refractivity contribution in [2.75, 3.05) is 18.3 Å². The van der Waals surface area contributed by atoms with Crippen LogP contribution in [0.25, 0.3) is 0 Å². The Labute approximate surface area is 163 Å². The van der Waals surface area contributed by atoms with Crippen LogP contribution < -0.4 is 9.47 Å². The molecule has 0 saturated carbocycles. The number of amides is 1. The van der Waals surface area contributed by atoms with Gasteiger partial charge in [-0.05, 0) is 24.1 Å². The van der Waals surface area contributed by atoms with E-state index in [1.54, 1.807) is 0 Å². The third-order valence-corrected chi connectivity index (χ3v) is 8.18. The fourth-order valence-corrected chi connectivity index (χ4v) is 7.52. The number of carbonyl (C=O) groups is 1. The summed E-state index contributed by atoms with van der Waals surface area (Å²) in [6.45, 7) is 2.73. The second kappa shape index (κ2) is 7.35. The van der Waals surface area contributed by atoms with E-state index in [-0.39, 0.29) is 35.5 Å². The average Bonchev–Trinajstić information content (AvgIpc) is 3.27. The molecule has 27 heavy (non-hydrogen) atoms. The molecule has 0 spiro atoms. The molecule has 3 aliphatic heterocycles. The third kappa shape index (κ3) is 3.94. The Morgan fingerprint density at radius 2 is 2.11 bits per heavy atom. The number of fused-ring (bicyclic) bond motifs is 2. The van der Waals surface area contributed by atoms with Crippen LogP contribution in [-0.2, 0) is 21.2 Å². The second-order valence-corrected chi connectivity index (χ2v) is 10.4. The van der Waals surface area contributed by atoms with Gasteiger partial charge in [-0.15, -0.1) is 0 Å². The Kier molecular flexibility index (Phi) is 5.07. The quantitative estimate of drug-likeness (QED) is 0.736. The highest BCUT2D eigenvalue weighted by Crippen LogP contribution is 2.40. The van der Waals surface area contributed by atoms with E-state index < -0.39 is 9.84 Å². The molecule has 2 atom stereocenters. The van der Waals surface area contributed by atoms with Crippen molar-refractivity contribution in [2.24, 2.45) is 4.99 Å². The Balaban J connectivity index is 1.58. The maximum absolute atomic E-state index is 12.2. The van der Waals surface area contributed by atoms with Gasteiger partial charge in [0.05, 0.1) is 17.5 Å². The van der Waals surface area contributed by atoms with Gasteiger partial charge < -0.3 is 14.4 Å². The lowest BCUT2D eigenvalue weighted by atomic mass is 10.1. The van der Waals surface area contributed by atoms with E-state index in [0.717, 1.165) is 18.4 Å². The molecule has 3 aliphatic rings. The highest BCUT2D eigenvalue weighted by Gasteiger charge is 2.48. The molecule has 7 nitrogen and oxygen atoms in total. The Hall–Kier alpha value is -1.74. The first-order valence-corrected chi connectivity index (χ1v) is 11.8. The second-order valence-electron chi connectivity index (χ2n) is 7.01. The lowest BCUT2D eigenvalue weighted by Crippen LogP contribution is -2.37. The average molecular weight is 411 g/mol. The van der Waals surface area contributed by atoms with Crippen LogP contribution in [0.4, 0.5) is 0 Å². The smallest absolute Gasteiger partial charge is 0.248 e. The van der Waals surface area contributed by atoms with Gasteiger partial charge in [0.25, 0.3) is 0 Å². The number of ether oxygens (including phenoxy) is 2. The van der Waals surface area contributed by atoms with Crippen LogP contribution in [0, 0.1) is 0 Å². The molecular formula is C18H22N2O5S2. The molecule has 2 fully saturated rings. The maximum Gasteiger partial charge on any atom is 0.248 e. The van der Waals surface area contributed by atoms with Crippen molar-refractivity contribution in [1.82, 2.24) is 4.90 Å². The number of nitrogens with zero attached hydrogens (tertiary/aromatic N) is 2. The summed E-state index contributed by atoms with van der Waals surface area (Å²) < 4.78 is 34.9. The van der Waals surface area contributed by atoms with E-state index in [9.17, 15) is 13.2 Å². The monoisotopic (exact) mass is 410 g/mol. The predicted molar refractivity (Wildman–Crippen MR) is 104 cm³/mol. The minimum Gasteiger partial charge on any atom is -0.454 e. The first kappa shape index (κ1) is 18.6. The van der Waals surface area contributed by atoms with Gasteiger partial charge in [0.2, 0.25) is 12.7 Å². The summed E-state index contributed by atoms with van der Waals surface area (Å²) in [4.78, 5) is 18.5. The van der Waals surface area contributed by atoms with Gasteiger partial charge in [-0.1, -0.05) is 31.2 Å². The van der Waals surface area contributed by atoms with Gasteiger partial charge in [0.15, 0.2) is 26.5 Å². The Morgan fingerprint density at radius 3 is 2.93 bits per heavy atom. The molecule has 4 rings (SSSR count). The van der Waals surface area contributed by atoms with E-state index in [1.807, 2.05) is 30.0 Å². The minimum atomic E-state index is -3.05. The first-order chi connectivity index (χ1) is 12.9. The number of carbonyl (C=O) groups excluding carboxylic acids is 1. The van der Waals surface area contributed by atoms with E-state index >= 15 is 0 Å². The van der Waals surface area contributed by atoms with Gasteiger partial charge in [0.1, 0.15) is 0 Å². The van der Waals surface area contributed by atoms with Crippen LogP contribution in [0.3, 0.4) is 0 Å². The van der Waals surface area contributed by atoms with Crippen LogP contribution in [0.15, 0.2) is 23.2 Å². The number of amidine groups is 1. The molecule has 0 radical (unpaired) electrons. The van der Waals surface area contributed by atoms with Gasteiger partial charge in [-0.2, -0.15) is 4.99 Å². The number of sulfone groups is 1. The molecule has 1 amide bonds. The van der Waals surface area contributed by atoms with E-state index in [0.29, 0.717) is 29.6 Å². The number of thioether (sulfide) groups is 1. The molecule has 146 valence electrons. The summed E-state index contributed by atoms with van der Waals surface area (Å²) in [6, 6.07) is 5.54. The number of hydrogen-bond acceptors (Lipinski definition) is 6. The van der Waals surface area contributed by atoms with Crippen molar-refractivity contribution >= 4 is 32.7 Å². The summed E-state index contributed by atoms with van der Waals surface area (Å²) in [6.07, 6.45) is 2.17. The van der Waals surface area contributed by atoms with Gasteiger partial charge in [0, 0.05) is 18.2 Å². The summed E-state index contributed by atoms with van der Waals surface area (Å²) in [7, 11) is -3.05. The van der Waals surface area contributed by atoms with Crippen LogP contribution >= 0.6 is 11.8 Å². The summed E-state index contributed by atoms with van der Waals surface area (Å²) in [5.74, 6) is 1.50. The SMILES string of the molecule is CCCCC(=O)N=C1S[C@@H]2CS(=O)(=O)C[C@@H]2N1Cc1ccc2c(c1)OCO2. The summed E-state index contributed by atoms with van der Waals surface area (Å²) in [5, 5.41) is 0.570. The van der Waals surface area contributed by atoms with Crippen molar-refractivity contribution in [1.29, 1.82) is 0 Å². The molecule has 0 aromatic heterocycles. The highest BCUT2D eigenvalue weighted by molar-refractivity contribution is 8.15. The zero-order chi connectivity index (χ0) is 19.0. The standard InChI is InChI=1S/C18H22N2O5S2/c1-2-3-4-17(21)19-18-20(13-9-27(22,23)10-16(13)26-18)8-12-5-6-14-15(7-12)25-11-24-14/h5-7,13,16H,2-4,8-11H2,1H3/t13-,16+/m0/s1. The lowest BCUT2D eigenvalue weighted by molar-refractivity contribution is -0.117. The van der Waals surface area contributed by atoms with E-state index in [1.165, 1.54) is 11.8 Å². The number of rotatable bonds is 5. The van der Waals surface area contributed by atoms with Crippen molar-refractivity contribution in [3.05, 3.63) is 23.8 Å². The Morgan fingerprint density at radius 1 is 1.30 bits per heavy atom. The lowest BCUT2D eigenvalue weighted by Gasteiger charge is -2.24. The number of aliphatic imine (C=N–C) groups is 1. The molecular weight excluding hydrogens is 388 g/mol. The largest absolute Gasteiger partial charge is 0.454 e. The predicted octanol–water partition coefficient (Wildman–Crippen LogP) is 2.20. The zero-order valence-corrected chi connectivity index (χ0v) is 16.7. The van der Waals surface area contributed by atoms with Crippen molar-refractivity contribution < 1.29 is 22.7 Å². The minimum absolute atomic E-state index is 0.0678. The van der Waals surface area contributed by atoms with Gasteiger partial charge in [-0.25, -0.2) is 8.42 Å². The number of benzene rings is 1. The first-order valence-electron chi connectivity index (χ1n) is 9.09. The number of unbranched alkanes of at least 4 members (excludes halogenated alkanes) is 1. The molecule has 2 saturated heterocycles. The maximum atomic E-state index is 12.2. The molecule has 1 aromatic carbocycles. The highest BCUT2D eigenvalue weighted by atomic mass is 32.2. The topological polar surface area (TPSA) is 85.3 Å². The van der Waals surface area contributed by atoms with Crippen molar-refractivity contribution in [2.45, 2.75) is 44.0 Å². The van der Waals surface area contributed by atoms with Crippen LogP contribution in [0.2, 0.25) is 0 Å². The fourth-order valence-electron chi connectivity index (χ4n) is 3.55. The molecule has 1 aromatic rings. The fraction of sp³-hybridized carbons (Fsp3) is 0.556.